The number of carbonyl (C=O) groups excluding carboxylic acids is 1. The number of benzene rings is 1. The molecule has 3 rings (SSSR count). The second kappa shape index (κ2) is 10.9. The summed E-state index contributed by atoms with van der Waals surface area (Å²) in [6, 6.07) is 13.6. The van der Waals surface area contributed by atoms with Crippen molar-refractivity contribution in [2.45, 2.75) is 12.5 Å². The number of pyridine rings is 1. The fraction of sp³-hybridized carbons (Fsp3) is 0.294. The number of hydrogen-bond donors (Lipinski definition) is 3. The normalized spacial score (nSPS) is 16.1. The van der Waals surface area contributed by atoms with Gasteiger partial charge in [0.1, 0.15) is 5.82 Å². The highest BCUT2D eigenvalue weighted by atomic mass is 35.5. The average molecular weight is 385 g/mol. The summed E-state index contributed by atoms with van der Waals surface area (Å²) in [6.07, 6.45) is 2.04. The number of anilines is 3. The second-order valence-corrected chi connectivity index (χ2v) is 5.40. The summed E-state index contributed by atoms with van der Waals surface area (Å²) in [4.78, 5) is 16.3. The van der Waals surface area contributed by atoms with Crippen LogP contribution in [0.5, 0.6) is 0 Å². The molecule has 0 saturated carbocycles. The summed E-state index contributed by atoms with van der Waals surface area (Å²) in [5.74, 6) is 0.690. The number of amides is 1. The molecule has 2 aromatic rings. The SMILES string of the molecule is Cl.Cl.O=C(CC1COCCN1)Nc1ccc(Nc2ccccc2)nc1. The quantitative estimate of drug-likeness (QED) is 0.738. The Labute approximate surface area is 159 Å². The fourth-order valence-electron chi connectivity index (χ4n) is 2.40. The molecule has 1 aromatic carbocycles. The van der Waals surface area contributed by atoms with Gasteiger partial charge in [0.2, 0.25) is 5.91 Å². The van der Waals surface area contributed by atoms with Crippen LogP contribution in [-0.2, 0) is 9.53 Å². The molecule has 1 aliphatic heterocycles. The first-order valence-electron chi connectivity index (χ1n) is 7.69. The molecule has 1 fully saturated rings. The van der Waals surface area contributed by atoms with E-state index in [4.69, 9.17) is 4.74 Å². The van der Waals surface area contributed by atoms with Crippen LogP contribution in [0.3, 0.4) is 0 Å². The summed E-state index contributed by atoms with van der Waals surface area (Å²) in [5.41, 5.74) is 1.66. The first-order valence-corrected chi connectivity index (χ1v) is 7.69. The van der Waals surface area contributed by atoms with E-state index in [0.29, 0.717) is 25.3 Å². The van der Waals surface area contributed by atoms with E-state index in [-0.39, 0.29) is 36.8 Å². The number of carbonyl (C=O) groups is 1. The molecule has 25 heavy (non-hydrogen) atoms. The van der Waals surface area contributed by atoms with Crippen molar-refractivity contribution in [1.29, 1.82) is 0 Å². The molecule has 1 saturated heterocycles. The minimum atomic E-state index is -0.0430. The minimum absolute atomic E-state index is 0. The van der Waals surface area contributed by atoms with Crippen molar-refractivity contribution in [2.75, 3.05) is 30.4 Å². The van der Waals surface area contributed by atoms with Gasteiger partial charge in [-0.2, -0.15) is 0 Å². The van der Waals surface area contributed by atoms with Crippen LogP contribution < -0.4 is 16.0 Å². The highest BCUT2D eigenvalue weighted by Gasteiger charge is 2.16. The molecule has 0 aliphatic carbocycles. The molecule has 0 spiro atoms. The lowest BCUT2D eigenvalue weighted by molar-refractivity contribution is -0.117. The van der Waals surface area contributed by atoms with E-state index < -0.39 is 0 Å². The Hall–Kier alpha value is -1.86. The van der Waals surface area contributed by atoms with Gasteiger partial charge >= 0.3 is 0 Å². The third-order valence-electron chi connectivity index (χ3n) is 3.52. The summed E-state index contributed by atoms with van der Waals surface area (Å²) in [6.45, 7) is 2.07. The first-order chi connectivity index (χ1) is 11.3. The number of para-hydroxylation sites is 1. The molecule has 1 unspecified atom stereocenters. The van der Waals surface area contributed by atoms with E-state index in [1.165, 1.54) is 0 Å². The molecule has 2 heterocycles. The lowest BCUT2D eigenvalue weighted by atomic mass is 10.2. The van der Waals surface area contributed by atoms with E-state index in [0.717, 1.165) is 18.1 Å². The molecule has 0 radical (unpaired) electrons. The van der Waals surface area contributed by atoms with E-state index in [2.05, 4.69) is 20.9 Å². The molecule has 1 aromatic heterocycles. The van der Waals surface area contributed by atoms with Crippen molar-refractivity contribution in [3.8, 4) is 0 Å². The predicted molar refractivity (Wildman–Crippen MR) is 104 cm³/mol. The Bertz CT molecular complexity index is 635. The van der Waals surface area contributed by atoms with Gasteiger partial charge in [0, 0.05) is 24.7 Å². The van der Waals surface area contributed by atoms with Gasteiger partial charge in [-0.15, -0.1) is 24.8 Å². The number of rotatable bonds is 5. The van der Waals surface area contributed by atoms with E-state index >= 15 is 0 Å². The minimum Gasteiger partial charge on any atom is -0.378 e. The van der Waals surface area contributed by atoms with E-state index in [1.54, 1.807) is 6.20 Å². The summed E-state index contributed by atoms with van der Waals surface area (Å²) in [5, 5.41) is 9.32. The molecule has 0 bridgehead atoms. The number of hydrogen-bond acceptors (Lipinski definition) is 5. The van der Waals surface area contributed by atoms with Gasteiger partial charge < -0.3 is 20.7 Å². The van der Waals surface area contributed by atoms with Crippen LogP contribution in [0.4, 0.5) is 17.2 Å². The molecule has 3 N–H and O–H groups in total. The molecular weight excluding hydrogens is 363 g/mol. The largest absolute Gasteiger partial charge is 0.378 e. The predicted octanol–water partition coefficient (Wildman–Crippen LogP) is 2.99. The van der Waals surface area contributed by atoms with Gasteiger partial charge in [0.25, 0.3) is 0 Å². The van der Waals surface area contributed by atoms with Crippen LogP contribution in [0.15, 0.2) is 48.7 Å². The van der Waals surface area contributed by atoms with E-state index in [9.17, 15) is 4.79 Å². The zero-order chi connectivity index (χ0) is 15.9. The first kappa shape index (κ1) is 21.2. The second-order valence-electron chi connectivity index (χ2n) is 5.40. The molecular formula is C17H22Cl2N4O2. The third-order valence-corrected chi connectivity index (χ3v) is 3.52. The monoisotopic (exact) mass is 384 g/mol. The van der Waals surface area contributed by atoms with Crippen LogP contribution in [0.1, 0.15) is 6.42 Å². The van der Waals surface area contributed by atoms with Gasteiger partial charge in [-0.1, -0.05) is 18.2 Å². The lowest BCUT2D eigenvalue weighted by Gasteiger charge is -2.23. The lowest BCUT2D eigenvalue weighted by Crippen LogP contribution is -2.43. The Morgan fingerprint density at radius 2 is 1.96 bits per heavy atom. The standard InChI is InChI=1S/C17H20N4O2.2ClH/c22-17(10-15-12-23-9-8-18-15)21-14-6-7-16(19-11-14)20-13-4-2-1-3-5-13;;/h1-7,11,15,18H,8-10,12H2,(H,19,20)(H,21,22);2*1H. The smallest absolute Gasteiger partial charge is 0.226 e. The van der Waals surface area contributed by atoms with Gasteiger partial charge in [0.15, 0.2) is 0 Å². The van der Waals surface area contributed by atoms with Crippen molar-refractivity contribution >= 4 is 47.9 Å². The van der Waals surface area contributed by atoms with Gasteiger partial charge in [-0.05, 0) is 24.3 Å². The number of ether oxygens (including phenoxy) is 1. The van der Waals surface area contributed by atoms with E-state index in [1.807, 2.05) is 42.5 Å². The van der Waals surface area contributed by atoms with Crippen LogP contribution in [0, 0.1) is 0 Å². The maximum atomic E-state index is 12.0. The molecule has 1 atom stereocenters. The summed E-state index contributed by atoms with van der Waals surface area (Å²) in [7, 11) is 0. The Morgan fingerprint density at radius 1 is 1.16 bits per heavy atom. The van der Waals surface area contributed by atoms with Gasteiger partial charge in [-0.3, -0.25) is 4.79 Å². The Kier molecular flexibility index (Phi) is 9.23. The van der Waals surface area contributed by atoms with Crippen molar-refractivity contribution in [3.63, 3.8) is 0 Å². The van der Waals surface area contributed by atoms with Crippen LogP contribution in [-0.4, -0.2) is 36.7 Å². The molecule has 1 aliphatic rings. The van der Waals surface area contributed by atoms with Crippen LogP contribution >= 0.6 is 24.8 Å². The maximum Gasteiger partial charge on any atom is 0.226 e. The van der Waals surface area contributed by atoms with Crippen molar-refractivity contribution in [1.82, 2.24) is 10.3 Å². The Morgan fingerprint density at radius 3 is 2.60 bits per heavy atom. The topological polar surface area (TPSA) is 75.3 Å². The molecule has 1 amide bonds. The van der Waals surface area contributed by atoms with Crippen molar-refractivity contribution in [3.05, 3.63) is 48.7 Å². The van der Waals surface area contributed by atoms with Crippen molar-refractivity contribution in [2.24, 2.45) is 0 Å². The number of nitrogens with one attached hydrogen (secondary N) is 3. The molecule has 8 heteroatoms. The molecule has 6 nitrogen and oxygen atoms in total. The Balaban J connectivity index is 0.00000156. The van der Waals surface area contributed by atoms with Gasteiger partial charge in [-0.25, -0.2) is 4.98 Å². The van der Waals surface area contributed by atoms with Crippen molar-refractivity contribution < 1.29 is 9.53 Å². The highest BCUT2D eigenvalue weighted by Crippen LogP contribution is 2.16. The number of nitrogens with zero attached hydrogens (tertiary/aromatic N) is 1. The number of aromatic nitrogens is 1. The maximum absolute atomic E-state index is 12.0. The van der Waals surface area contributed by atoms with Crippen LogP contribution in [0.25, 0.3) is 0 Å². The molecule has 136 valence electrons. The number of morpholine rings is 1. The fourth-order valence-corrected chi connectivity index (χ4v) is 2.40. The average Bonchev–Trinajstić information content (AvgIpc) is 2.58. The zero-order valence-corrected chi connectivity index (χ0v) is 15.2. The number of halogens is 2. The third kappa shape index (κ3) is 6.88. The highest BCUT2D eigenvalue weighted by molar-refractivity contribution is 5.91. The summed E-state index contributed by atoms with van der Waals surface area (Å²) < 4.78 is 5.34. The zero-order valence-electron chi connectivity index (χ0n) is 13.6. The van der Waals surface area contributed by atoms with Crippen LogP contribution in [0.2, 0.25) is 0 Å². The summed E-state index contributed by atoms with van der Waals surface area (Å²) >= 11 is 0. The van der Waals surface area contributed by atoms with Gasteiger partial charge in [0.05, 0.1) is 25.1 Å².